The van der Waals surface area contributed by atoms with Gasteiger partial charge in [-0.15, -0.1) is 23.2 Å². The third-order valence-electron chi connectivity index (χ3n) is 5.86. The lowest BCUT2D eigenvalue weighted by Crippen LogP contribution is -2.44. The number of nitrogens with one attached hydrogen (secondary N) is 3. The third-order valence-corrected chi connectivity index (χ3v) is 6.29. The minimum Gasteiger partial charge on any atom is -0.507 e. The van der Waals surface area contributed by atoms with Crippen LogP contribution in [0, 0.1) is 19.8 Å². The average Bonchev–Trinajstić information content (AvgIpc) is 3.42. The number of phenolic OH excluding ortho intramolecular Hbond substituents is 1. The van der Waals surface area contributed by atoms with Gasteiger partial charge in [0.15, 0.2) is 0 Å². The third kappa shape index (κ3) is 5.86. The number of carbonyl (C=O) groups is 2. The fraction of sp³-hybridized carbons (Fsp3) is 0.280. The van der Waals surface area contributed by atoms with Crippen LogP contribution in [0.5, 0.6) is 5.75 Å². The molecule has 12 heteroatoms. The first-order chi connectivity index (χ1) is 17.7. The summed E-state index contributed by atoms with van der Waals surface area (Å²) in [5.41, 5.74) is 2.53. The molecule has 0 aliphatic heterocycles. The molecule has 4 aromatic rings. The number of hydrogen-bond donors (Lipinski definition) is 4. The second kappa shape index (κ2) is 11.2. The van der Waals surface area contributed by atoms with Gasteiger partial charge in [0.1, 0.15) is 34.3 Å². The number of rotatable bonds is 9. The molecule has 3 heterocycles. The lowest BCUT2D eigenvalue weighted by molar-refractivity contribution is -0.118. The van der Waals surface area contributed by atoms with Crippen LogP contribution >= 0.6 is 23.2 Å². The number of fused-ring (bicyclic) bond motifs is 1. The molecule has 9 nitrogen and oxygen atoms in total. The maximum atomic E-state index is 14.9. The lowest BCUT2D eigenvalue weighted by Gasteiger charge is -2.18. The molecule has 0 aliphatic carbocycles. The van der Waals surface area contributed by atoms with Gasteiger partial charge in [0.05, 0.1) is 16.6 Å². The number of phenols is 1. The van der Waals surface area contributed by atoms with E-state index in [2.05, 4.69) is 25.8 Å². The van der Waals surface area contributed by atoms with Gasteiger partial charge in [-0.1, -0.05) is 6.07 Å². The number of alkyl halides is 2. The topological polar surface area (TPSA) is 133 Å². The number of anilines is 1. The Morgan fingerprint density at radius 1 is 1.19 bits per heavy atom. The van der Waals surface area contributed by atoms with Crippen molar-refractivity contribution in [1.82, 2.24) is 20.5 Å². The molecule has 37 heavy (non-hydrogen) atoms. The van der Waals surface area contributed by atoms with Crippen LogP contribution in [-0.4, -0.2) is 43.0 Å². The largest absolute Gasteiger partial charge is 0.507 e. The summed E-state index contributed by atoms with van der Waals surface area (Å²) in [5, 5.41) is 22.5. The van der Waals surface area contributed by atoms with Gasteiger partial charge in [-0.25, -0.2) is 4.98 Å². The lowest BCUT2D eigenvalue weighted by atomic mass is 10.1. The van der Waals surface area contributed by atoms with Crippen LogP contribution in [0.3, 0.4) is 0 Å². The van der Waals surface area contributed by atoms with Crippen molar-refractivity contribution >= 4 is 51.8 Å². The molecule has 0 radical (unpaired) electrons. The van der Waals surface area contributed by atoms with Crippen molar-refractivity contribution in [3.63, 3.8) is 0 Å². The molecule has 0 fully saturated rings. The highest BCUT2D eigenvalue weighted by Crippen LogP contribution is 2.30. The van der Waals surface area contributed by atoms with Crippen LogP contribution in [0.15, 0.2) is 41.0 Å². The van der Waals surface area contributed by atoms with Gasteiger partial charge in [-0.05, 0) is 57.4 Å². The van der Waals surface area contributed by atoms with Gasteiger partial charge in [0.25, 0.3) is 5.91 Å². The van der Waals surface area contributed by atoms with Crippen molar-refractivity contribution in [3.05, 3.63) is 59.5 Å². The number of aromatic nitrogens is 3. The molecule has 0 saturated heterocycles. The van der Waals surface area contributed by atoms with Crippen LogP contribution in [0.4, 0.5) is 10.2 Å². The number of halogens is 3. The fourth-order valence-electron chi connectivity index (χ4n) is 4.07. The molecule has 194 valence electrons. The number of hydrogen-bond acceptors (Lipinski definition) is 6. The Morgan fingerprint density at radius 2 is 1.97 bits per heavy atom. The standard InChI is InChI=1S/C25H24Cl2FN5O4/c1-12-21(13(2)33-32-12)14-9-10-20(30-23(14)28)31-25(36)16(5-3-8-19(26)27)29-24(35)15-11-37-18-7-4-6-17(34)22(15)18/h4,6-7,9-11,16,19,34H,3,5,8H2,1-2H3,(H,29,35)(H,32,33)(H,30,31,36)/t16-/m0/s1. The number of aromatic amines is 1. The van der Waals surface area contributed by atoms with Crippen molar-refractivity contribution < 1.29 is 23.5 Å². The Morgan fingerprint density at radius 3 is 2.65 bits per heavy atom. The van der Waals surface area contributed by atoms with Gasteiger partial charge in [-0.3, -0.25) is 14.7 Å². The van der Waals surface area contributed by atoms with E-state index in [9.17, 15) is 19.1 Å². The Balaban J connectivity index is 1.54. The summed E-state index contributed by atoms with van der Waals surface area (Å²) in [7, 11) is 0. The summed E-state index contributed by atoms with van der Waals surface area (Å²) < 4.78 is 20.2. The van der Waals surface area contributed by atoms with Gasteiger partial charge in [0, 0.05) is 16.8 Å². The second-order valence-electron chi connectivity index (χ2n) is 8.48. The zero-order chi connectivity index (χ0) is 26.7. The highest BCUT2D eigenvalue weighted by atomic mass is 35.5. The molecule has 4 N–H and O–H groups in total. The number of pyridine rings is 1. The molecule has 0 bridgehead atoms. The van der Waals surface area contributed by atoms with Crippen LogP contribution in [0.2, 0.25) is 0 Å². The van der Waals surface area contributed by atoms with E-state index < -0.39 is 28.6 Å². The SMILES string of the molecule is Cc1n[nH]c(C)c1-c1ccc(NC(=O)[C@H](CCCC(Cl)Cl)NC(=O)c2coc3cccc(O)c23)nc1F. The highest BCUT2D eigenvalue weighted by molar-refractivity contribution is 6.44. The summed E-state index contributed by atoms with van der Waals surface area (Å²) >= 11 is 11.6. The number of aromatic hydroxyl groups is 1. The smallest absolute Gasteiger partial charge is 0.255 e. The number of furan rings is 1. The zero-order valence-corrected chi connectivity index (χ0v) is 21.5. The van der Waals surface area contributed by atoms with Crippen molar-refractivity contribution in [3.8, 4) is 16.9 Å². The molecule has 4 rings (SSSR count). The Hall–Kier alpha value is -3.63. The summed E-state index contributed by atoms with van der Waals surface area (Å²) in [6, 6.07) is 6.56. The van der Waals surface area contributed by atoms with Gasteiger partial charge in [-0.2, -0.15) is 9.49 Å². The number of benzene rings is 1. The predicted octanol–water partition coefficient (Wildman–Crippen LogP) is 5.39. The highest BCUT2D eigenvalue weighted by Gasteiger charge is 2.25. The van der Waals surface area contributed by atoms with E-state index in [-0.39, 0.29) is 34.5 Å². The van der Waals surface area contributed by atoms with E-state index in [1.54, 1.807) is 26.0 Å². The maximum absolute atomic E-state index is 14.9. The molecule has 3 aromatic heterocycles. The number of aryl methyl sites for hydroxylation is 2. The van der Waals surface area contributed by atoms with Gasteiger partial charge >= 0.3 is 0 Å². The molecule has 0 saturated carbocycles. The maximum Gasteiger partial charge on any atom is 0.255 e. The molecule has 2 amide bonds. The first kappa shape index (κ1) is 26.4. The van der Waals surface area contributed by atoms with Gasteiger partial charge in [0.2, 0.25) is 11.9 Å². The number of amides is 2. The first-order valence-corrected chi connectivity index (χ1v) is 12.3. The number of nitrogens with zero attached hydrogens (tertiary/aromatic N) is 2. The number of carbonyl (C=O) groups excluding carboxylic acids is 2. The molecular formula is C25H24Cl2FN5O4. The van der Waals surface area contributed by atoms with Crippen LogP contribution in [0.1, 0.15) is 41.0 Å². The number of H-pyrrole nitrogens is 1. The monoisotopic (exact) mass is 547 g/mol. The minimum atomic E-state index is -1.03. The van der Waals surface area contributed by atoms with Crippen molar-refractivity contribution in [2.45, 2.75) is 44.0 Å². The van der Waals surface area contributed by atoms with E-state index in [0.29, 0.717) is 35.4 Å². The summed E-state index contributed by atoms with van der Waals surface area (Å²) in [6.07, 6.45) is 2.22. The quantitative estimate of drug-likeness (QED) is 0.164. The average molecular weight is 548 g/mol. The molecule has 0 spiro atoms. The fourth-order valence-corrected chi connectivity index (χ4v) is 4.38. The second-order valence-corrected chi connectivity index (χ2v) is 9.76. The van der Waals surface area contributed by atoms with Crippen LogP contribution < -0.4 is 10.6 Å². The minimum absolute atomic E-state index is 0.0248. The van der Waals surface area contributed by atoms with Gasteiger partial charge < -0.3 is 20.2 Å². The summed E-state index contributed by atoms with van der Waals surface area (Å²) in [5.74, 6) is -2.18. The van der Waals surface area contributed by atoms with E-state index >= 15 is 0 Å². The molecule has 0 unspecified atom stereocenters. The normalized spacial score (nSPS) is 12.2. The summed E-state index contributed by atoms with van der Waals surface area (Å²) in [6.45, 7) is 3.52. The van der Waals surface area contributed by atoms with E-state index in [1.807, 2.05) is 0 Å². The predicted molar refractivity (Wildman–Crippen MR) is 138 cm³/mol. The molecule has 1 aromatic carbocycles. The molecule has 0 aliphatic rings. The van der Waals surface area contributed by atoms with Crippen molar-refractivity contribution in [1.29, 1.82) is 0 Å². The van der Waals surface area contributed by atoms with Crippen molar-refractivity contribution in [2.75, 3.05) is 5.32 Å². The Bertz CT molecular complexity index is 1430. The van der Waals surface area contributed by atoms with E-state index in [0.717, 1.165) is 0 Å². The zero-order valence-electron chi connectivity index (χ0n) is 19.9. The van der Waals surface area contributed by atoms with E-state index in [4.69, 9.17) is 27.6 Å². The summed E-state index contributed by atoms with van der Waals surface area (Å²) in [4.78, 5) is 29.4. The Labute approximate surface area is 221 Å². The first-order valence-electron chi connectivity index (χ1n) is 11.4. The van der Waals surface area contributed by atoms with Crippen molar-refractivity contribution in [2.24, 2.45) is 0 Å². The molecular weight excluding hydrogens is 524 g/mol. The molecule has 1 atom stereocenters. The van der Waals surface area contributed by atoms with Crippen LogP contribution in [-0.2, 0) is 4.79 Å². The van der Waals surface area contributed by atoms with E-state index in [1.165, 1.54) is 24.5 Å². The Kier molecular flexibility index (Phi) is 7.99. The van der Waals surface area contributed by atoms with Crippen LogP contribution in [0.25, 0.3) is 22.1 Å².